The highest BCUT2D eigenvalue weighted by atomic mass is 35.5. The molecule has 0 fully saturated rings. The maximum Gasteiger partial charge on any atom is 0.126 e. The van der Waals surface area contributed by atoms with Gasteiger partial charge in [-0.25, -0.2) is 0 Å². The Morgan fingerprint density at radius 3 is 2.81 bits per heavy atom. The summed E-state index contributed by atoms with van der Waals surface area (Å²) in [7, 11) is 1.62. The molecule has 0 aliphatic heterocycles. The van der Waals surface area contributed by atoms with Gasteiger partial charge in [-0.2, -0.15) is 0 Å². The summed E-state index contributed by atoms with van der Waals surface area (Å²) in [4.78, 5) is 0. The van der Waals surface area contributed by atoms with Gasteiger partial charge < -0.3 is 14.9 Å². The molecule has 0 bridgehead atoms. The van der Waals surface area contributed by atoms with Crippen molar-refractivity contribution in [3.8, 4) is 16.9 Å². The zero-order chi connectivity index (χ0) is 11.5. The number of ether oxygens (including phenoxy) is 1. The van der Waals surface area contributed by atoms with Crippen LogP contribution in [0.25, 0.3) is 11.1 Å². The predicted molar refractivity (Wildman–Crippen MR) is 63.6 cm³/mol. The van der Waals surface area contributed by atoms with Gasteiger partial charge in [0.05, 0.1) is 19.9 Å². The minimum Gasteiger partial charge on any atom is -0.496 e. The Labute approximate surface area is 98.8 Å². The second kappa shape index (κ2) is 4.60. The molecule has 2 aromatic rings. The molecule has 0 saturated carbocycles. The maximum absolute atomic E-state index is 5.97. The first-order valence-corrected chi connectivity index (χ1v) is 5.24. The van der Waals surface area contributed by atoms with E-state index in [-0.39, 0.29) is 0 Å². The van der Waals surface area contributed by atoms with Gasteiger partial charge in [0.2, 0.25) is 0 Å². The molecule has 3 nitrogen and oxygen atoms in total. The standard InChI is InChI=1S/C12H12ClNO2/c1-15-11-3-2-8(13)6-10(11)9-4-5-16-12(9)7-14/h2-6H,7,14H2,1H3. The van der Waals surface area contributed by atoms with Crippen LogP contribution in [0, 0.1) is 0 Å². The van der Waals surface area contributed by atoms with Crippen LogP contribution < -0.4 is 10.5 Å². The van der Waals surface area contributed by atoms with Crippen LogP contribution in [0.5, 0.6) is 5.75 Å². The Kier molecular flexibility index (Phi) is 3.17. The molecule has 0 saturated heterocycles. The lowest BCUT2D eigenvalue weighted by atomic mass is 10.1. The first-order chi connectivity index (χ1) is 7.76. The van der Waals surface area contributed by atoms with Gasteiger partial charge in [-0.1, -0.05) is 11.6 Å². The number of halogens is 1. The second-order valence-corrected chi connectivity index (χ2v) is 3.74. The van der Waals surface area contributed by atoms with Crippen LogP contribution >= 0.6 is 11.6 Å². The Hall–Kier alpha value is -1.45. The molecule has 1 heterocycles. The van der Waals surface area contributed by atoms with Crippen LogP contribution in [0.15, 0.2) is 34.9 Å². The van der Waals surface area contributed by atoms with Crippen LogP contribution in [-0.4, -0.2) is 7.11 Å². The number of furan rings is 1. The molecule has 0 aliphatic carbocycles. The van der Waals surface area contributed by atoms with E-state index < -0.39 is 0 Å². The van der Waals surface area contributed by atoms with Crippen molar-refractivity contribution in [2.75, 3.05) is 7.11 Å². The van der Waals surface area contributed by atoms with E-state index >= 15 is 0 Å². The van der Waals surface area contributed by atoms with Gasteiger partial charge in [0.1, 0.15) is 11.5 Å². The molecule has 2 rings (SSSR count). The monoisotopic (exact) mass is 237 g/mol. The largest absolute Gasteiger partial charge is 0.496 e. The van der Waals surface area contributed by atoms with Gasteiger partial charge in [0.25, 0.3) is 0 Å². The molecular formula is C12H12ClNO2. The highest BCUT2D eigenvalue weighted by molar-refractivity contribution is 6.31. The lowest BCUT2D eigenvalue weighted by Gasteiger charge is -2.08. The molecule has 1 aromatic heterocycles. The third-order valence-corrected chi connectivity index (χ3v) is 2.62. The number of benzene rings is 1. The highest BCUT2D eigenvalue weighted by Gasteiger charge is 2.12. The second-order valence-electron chi connectivity index (χ2n) is 3.31. The van der Waals surface area contributed by atoms with Gasteiger partial charge in [-0.15, -0.1) is 0 Å². The van der Waals surface area contributed by atoms with Crippen LogP contribution in [0.4, 0.5) is 0 Å². The lowest BCUT2D eigenvalue weighted by Crippen LogP contribution is -1.97. The first kappa shape index (κ1) is 11.0. The van der Waals surface area contributed by atoms with Crippen LogP contribution in [-0.2, 0) is 6.54 Å². The molecule has 0 unspecified atom stereocenters. The van der Waals surface area contributed by atoms with E-state index in [4.69, 9.17) is 26.5 Å². The smallest absolute Gasteiger partial charge is 0.126 e. The third kappa shape index (κ3) is 1.92. The summed E-state index contributed by atoms with van der Waals surface area (Å²) in [6.07, 6.45) is 1.61. The fraction of sp³-hybridized carbons (Fsp3) is 0.167. The Balaban J connectivity index is 2.58. The Bertz CT molecular complexity index is 494. The number of rotatable bonds is 3. The number of methoxy groups -OCH3 is 1. The average Bonchev–Trinajstić information content (AvgIpc) is 2.76. The maximum atomic E-state index is 5.97. The first-order valence-electron chi connectivity index (χ1n) is 4.86. The molecule has 1 aromatic carbocycles. The summed E-state index contributed by atoms with van der Waals surface area (Å²) < 4.78 is 10.6. The van der Waals surface area contributed by atoms with Crippen molar-refractivity contribution >= 4 is 11.6 Å². The molecule has 0 radical (unpaired) electrons. The quantitative estimate of drug-likeness (QED) is 0.893. The van der Waals surface area contributed by atoms with Crippen molar-refractivity contribution in [1.29, 1.82) is 0 Å². The summed E-state index contributed by atoms with van der Waals surface area (Å²) in [5.74, 6) is 1.47. The third-order valence-electron chi connectivity index (χ3n) is 2.38. The van der Waals surface area contributed by atoms with Gasteiger partial charge in [0.15, 0.2) is 0 Å². The topological polar surface area (TPSA) is 48.4 Å². The molecular weight excluding hydrogens is 226 g/mol. The predicted octanol–water partition coefficient (Wildman–Crippen LogP) is 3.07. The average molecular weight is 238 g/mol. The van der Waals surface area contributed by atoms with Crippen LogP contribution in [0.1, 0.15) is 5.76 Å². The zero-order valence-electron chi connectivity index (χ0n) is 8.87. The molecule has 4 heteroatoms. The molecule has 0 atom stereocenters. The van der Waals surface area contributed by atoms with Gasteiger partial charge >= 0.3 is 0 Å². The molecule has 0 amide bonds. The summed E-state index contributed by atoms with van der Waals surface area (Å²) >= 11 is 5.97. The summed E-state index contributed by atoms with van der Waals surface area (Å²) in [5.41, 5.74) is 7.41. The van der Waals surface area contributed by atoms with E-state index in [1.165, 1.54) is 0 Å². The van der Waals surface area contributed by atoms with Gasteiger partial charge in [0, 0.05) is 16.1 Å². The SMILES string of the molecule is COc1ccc(Cl)cc1-c1ccoc1CN. The van der Waals surface area contributed by atoms with Crippen molar-refractivity contribution in [3.63, 3.8) is 0 Å². The molecule has 0 spiro atoms. The van der Waals surface area contributed by atoms with E-state index in [2.05, 4.69) is 0 Å². The van der Waals surface area contributed by atoms with Crippen LogP contribution in [0.3, 0.4) is 0 Å². The van der Waals surface area contributed by atoms with Crippen molar-refractivity contribution in [1.82, 2.24) is 0 Å². The Morgan fingerprint density at radius 2 is 2.12 bits per heavy atom. The summed E-state index contributed by atoms with van der Waals surface area (Å²) in [6, 6.07) is 7.30. The number of hydrogen-bond donors (Lipinski definition) is 1. The van der Waals surface area contributed by atoms with Crippen molar-refractivity contribution < 1.29 is 9.15 Å². The number of hydrogen-bond acceptors (Lipinski definition) is 3. The minimum absolute atomic E-state index is 0.345. The van der Waals surface area contributed by atoms with Crippen molar-refractivity contribution in [2.45, 2.75) is 6.54 Å². The van der Waals surface area contributed by atoms with E-state index in [9.17, 15) is 0 Å². The fourth-order valence-electron chi connectivity index (χ4n) is 1.63. The molecule has 0 aliphatic rings. The van der Waals surface area contributed by atoms with E-state index in [1.54, 1.807) is 19.4 Å². The minimum atomic E-state index is 0.345. The van der Waals surface area contributed by atoms with E-state index in [1.807, 2.05) is 18.2 Å². The lowest BCUT2D eigenvalue weighted by molar-refractivity contribution is 0.416. The molecule has 84 valence electrons. The van der Waals surface area contributed by atoms with Gasteiger partial charge in [-0.05, 0) is 24.3 Å². The van der Waals surface area contributed by atoms with Crippen molar-refractivity contribution in [2.24, 2.45) is 5.73 Å². The van der Waals surface area contributed by atoms with E-state index in [0.29, 0.717) is 11.6 Å². The summed E-state index contributed by atoms with van der Waals surface area (Å²) in [5, 5.41) is 0.653. The molecule has 16 heavy (non-hydrogen) atoms. The number of nitrogens with two attached hydrogens (primary N) is 1. The normalized spacial score (nSPS) is 10.4. The van der Waals surface area contributed by atoms with Crippen molar-refractivity contribution in [3.05, 3.63) is 41.3 Å². The highest BCUT2D eigenvalue weighted by Crippen LogP contribution is 2.34. The van der Waals surface area contributed by atoms with Crippen LogP contribution in [0.2, 0.25) is 5.02 Å². The summed E-state index contributed by atoms with van der Waals surface area (Å²) in [6.45, 7) is 0.345. The van der Waals surface area contributed by atoms with Gasteiger partial charge in [-0.3, -0.25) is 0 Å². The molecule has 2 N–H and O–H groups in total. The zero-order valence-corrected chi connectivity index (χ0v) is 9.62. The Morgan fingerprint density at radius 1 is 1.31 bits per heavy atom. The van der Waals surface area contributed by atoms with E-state index in [0.717, 1.165) is 22.6 Å². The fourth-order valence-corrected chi connectivity index (χ4v) is 1.80.